The Kier molecular flexibility index (Phi) is 11.0. The van der Waals surface area contributed by atoms with E-state index < -0.39 is 0 Å². The Labute approximate surface area is 123 Å². The number of hydrogen-bond donors (Lipinski definition) is 0. The van der Waals surface area contributed by atoms with Crippen molar-refractivity contribution < 1.29 is 4.79 Å². The first-order chi connectivity index (χ1) is 9.86. The van der Waals surface area contributed by atoms with Crippen LogP contribution in [0.1, 0.15) is 50.9 Å². The maximum Gasteiger partial charge on any atom is 0.185 e. The first kappa shape index (κ1) is 18.1. The van der Waals surface area contributed by atoms with Crippen molar-refractivity contribution in [3.8, 4) is 0 Å². The second kappa shape index (κ2) is 12.2. The zero-order valence-corrected chi connectivity index (χ0v) is 13.1. The fourth-order valence-electron chi connectivity index (χ4n) is 1.63. The van der Waals surface area contributed by atoms with E-state index >= 15 is 0 Å². The molecule has 1 aliphatic carbocycles. The number of ketones is 1. The fourth-order valence-corrected chi connectivity index (χ4v) is 1.63. The lowest BCUT2D eigenvalue weighted by molar-refractivity contribution is 0.104. The van der Waals surface area contributed by atoms with Gasteiger partial charge in [-0.3, -0.25) is 4.79 Å². The van der Waals surface area contributed by atoms with E-state index in [-0.39, 0.29) is 5.78 Å². The highest BCUT2D eigenvalue weighted by Gasteiger charge is 1.99. The van der Waals surface area contributed by atoms with Crippen LogP contribution in [-0.4, -0.2) is 5.78 Å². The van der Waals surface area contributed by atoms with Crippen molar-refractivity contribution in [1.29, 1.82) is 0 Å². The molecule has 1 aliphatic rings. The van der Waals surface area contributed by atoms with E-state index in [4.69, 9.17) is 0 Å². The predicted molar refractivity (Wildman–Crippen MR) is 89.1 cm³/mol. The monoisotopic (exact) mass is 270 g/mol. The van der Waals surface area contributed by atoms with Crippen LogP contribution in [0.3, 0.4) is 0 Å². The molecule has 0 bridgehead atoms. The van der Waals surface area contributed by atoms with E-state index in [2.05, 4.69) is 18.2 Å². The van der Waals surface area contributed by atoms with E-state index in [0.29, 0.717) is 0 Å². The molecule has 0 unspecified atom stereocenters. The zero-order valence-electron chi connectivity index (χ0n) is 13.1. The molecule has 1 nitrogen and oxygen atoms in total. The molecule has 2 rings (SSSR count). The lowest BCUT2D eigenvalue weighted by Crippen LogP contribution is -1.93. The Morgan fingerprint density at radius 2 is 1.65 bits per heavy atom. The molecule has 1 heteroatoms. The topological polar surface area (TPSA) is 17.1 Å². The van der Waals surface area contributed by atoms with Gasteiger partial charge < -0.3 is 0 Å². The highest BCUT2D eigenvalue weighted by molar-refractivity contribution is 6.04. The molecule has 0 N–H and O–H groups in total. The average Bonchev–Trinajstić information content (AvgIpc) is 2.58. The smallest absolute Gasteiger partial charge is 0.185 e. The second-order valence-electron chi connectivity index (χ2n) is 3.75. The SMILES string of the molecule is CC.CC.O=C(/C=C/C1=CCCC=C1)c1ccccc1. The minimum Gasteiger partial charge on any atom is -0.289 e. The molecule has 0 heterocycles. The Bertz CT molecular complexity index is 450. The highest BCUT2D eigenvalue weighted by Crippen LogP contribution is 2.11. The van der Waals surface area contributed by atoms with Crippen molar-refractivity contribution in [2.24, 2.45) is 0 Å². The predicted octanol–water partition coefficient (Wildman–Crippen LogP) is 5.75. The molecule has 0 atom stereocenters. The van der Waals surface area contributed by atoms with Crippen molar-refractivity contribution in [3.63, 3.8) is 0 Å². The minimum atomic E-state index is 0.0560. The lowest BCUT2D eigenvalue weighted by atomic mass is 10.1. The molecule has 20 heavy (non-hydrogen) atoms. The number of allylic oxidation sites excluding steroid dienone is 6. The molecular formula is C19H26O. The summed E-state index contributed by atoms with van der Waals surface area (Å²) < 4.78 is 0. The standard InChI is InChI=1S/C15H14O.2C2H6/c16-15(14-9-5-2-6-10-14)12-11-13-7-3-1-4-8-13;2*1-2/h2-3,5-12H,1,4H2;2*1-2H3/b12-11+;;. The molecule has 0 saturated carbocycles. The van der Waals surface area contributed by atoms with Crippen LogP contribution in [0.25, 0.3) is 0 Å². The van der Waals surface area contributed by atoms with Crippen LogP contribution in [0.4, 0.5) is 0 Å². The summed E-state index contributed by atoms with van der Waals surface area (Å²) in [7, 11) is 0. The third kappa shape index (κ3) is 6.89. The maximum atomic E-state index is 11.7. The molecule has 1 aromatic carbocycles. The molecule has 0 fully saturated rings. The quantitative estimate of drug-likeness (QED) is 0.504. The molecule has 0 aromatic heterocycles. The number of benzene rings is 1. The Balaban J connectivity index is 0.000000829. The summed E-state index contributed by atoms with van der Waals surface area (Å²) in [6.07, 6.45) is 12.0. The van der Waals surface area contributed by atoms with E-state index in [1.165, 1.54) is 0 Å². The van der Waals surface area contributed by atoms with Crippen molar-refractivity contribution in [2.45, 2.75) is 40.5 Å². The first-order valence-corrected chi connectivity index (χ1v) is 7.50. The van der Waals surface area contributed by atoms with Gasteiger partial charge in [-0.1, -0.05) is 82.3 Å². The summed E-state index contributed by atoms with van der Waals surface area (Å²) in [6.45, 7) is 8.00. The number of carbonyl (C=O) groups excluding carboxylic acids is 1. The van der Waals surface area contributed by atoms with E-state index in [0.717, 1.165) is 24.0 Å². The summed E-state index contributed by atoms with van der Waals surface area (Å²) in [6, 6.07) is 9.32. The van der Waals surface area contributed by atoms with E-state index in [9.17, 15) is 4.79 Å². The van der Waals surface area contributed by atoms with Crippen LogP contribution in [0.5, 0.6) is 0 Å². The van der Waals surface area contributed by atoms with Gasteiger partial charge in [0.1, 0.15) is 0 Å². The second-order valence-corrected chi connectivity index (χ2v) is 3.75. The van der Waals surface area contributed by atoms with Crippen molar-refractivity contribution >= 4 is 5.78 Å². The van der Waals surface area contributed by atoms with Crippen LogP contribution >= 0.6 is 0 Å². The third-order valence-corrected chi connectivity index (χ3v) is 2.51. The first-order valence-electron chi connectivity index (χ1n) is 7.50. The minimum absolute atomic E-state index is 0.0560. The summed E-state index contributed by atoms with van der Waals surface area (Å²) >= 11 is 0. The van der Waals surface area contributed by atoms with Gasteiger partial charge in [0.25, 0.3) is 0 Å². The Hall–Kier alpha value is -1.89. The summed E-state index contributed by atoms with van der Waals surface area (Å²) in [4.78, 5) is 11.7. The largest absolute Gasteiger partial charge is 0.289 e. The van der Waals surface area contributed by atoms with Crippen molar-refractivity contribution in [3.05, 3.63) is 71.8 Å². The van der Waals surface area contributed by atoms with Crippen molar-refractivity contribution in [2.75, 3.05) is 0 Å². The summed E-state index contributed by atoms with van der Waals surface area (Å²) in [5.74, 6) is 0.0560. The van der Waals surface area contributed by atoms with Gasteiger partial charge in [0.2, 0.25) is 0 Å². The third-order valence-electron chi connectivity index (χ3n) is 2.51. The van der Waals surface area contributed by atoms with Crippen LogP contribution in [-0.2, 0) is 0 Å². The normalized spacial score (nSPS) is 12.7. The van der Waals surface area contributed by atoms with Gasteiger partial charge >= 0.3 is 0 Å². The van der Waals surface area contributed by atoms with Crippen LogP contribution in [0.15, 0.2) is 66.3 Å². The highest BCUT2D eigenvalue weighted by atomic mass is 16.1. The van der Waals surface area contributed by atoms with Gasteiger partial charge in [0, 0.05) is 5.56 Å². The van der Waals surface area contributed by atoms with E-state index in [1.807, 2.05) is 64.1 Å². The average molecular weight is 270 g/mol. The maximum absolute atomic E-state index is 11.7. The molecular weight excluding hydrogens is 244 g/mol. The van der Waals surface area contributed by atoms with Gasteiger partial charge in [-0.2, -0.15) is 0 Å². The number of carbonyl (C=O) groups is 1. The molecule has 108 valence electrons. The molecule has 0 amide bonds. The number of hydrogen-bond acceptors (Lipinski definition) is 1. The van der Waals surface area contributed by atoms with Crippen LogP contribution in [0.2, 0.25) is 0 Å². The van der Waals surface area contributed by atoms with Crippen molar-refractivity contribution in [1.82, 2.24) is 0 Å². The fraction of sp³-hybridized carbons (Fsp3) is 0.316. The molecule has 0 spiro atoms. The van der Waals surface area contributed by atoms with Gasteiger partial charge in [-0.15, -0.1) is 0 Å². The van der Waals surface area contributed by atoms with Gasteiger partial charge in [0.05, 0.1) is 0 Å². The van der Waals surface area contributed by atoms with Gasteiger partial charge in [-0.25, -0.2) is 0 Å². The molecule has 0 aliphatic heterocycles. The van der Waals surface area contributed by atoms with Crippen LogP contribution in [0, 0.1) is 0 Å². The van der Waals surface area contributed by atoms with Gasteiger partial charge in [-0.05, 0) is 24.5 Å². The zero-order chi connectivity index (χ0) is 15.2. The Morgan fingerprint density at radius 1 is 1.00 bits per heavy atom. The lowest BCUT2D eigenvalue weighted by Gasteiger charge is -2.00. The summed E-state index contributed by atoms with van der Waals surface area (Å²) in [5, 5.41) is 0. The van der Waals surface area contributed by atoms with Gasteiger partial charge in [0.15, 0.2) is 5.78 Å². The molecule has 0 saturated heterocycles. The molecule has 0 radical (unpaired) electrons. The number of rotatable bonds is 3. The Morgan fingerprint density at radius 3 is 2.20 bits per heavy atom. The van der Waals surface area contributed by atoms with Crippen LogP contribution < -0.4 is 0 Å². The van der Waals surface area contributed by atoms with E-state index in [1.54, 1.807) is 6.08 Å². The summed E-state index contributed by atoms with van der Waals surface area (Å²) in [5.41, 5.74) is 1.86. The molecule has 1 aromatic rings.